The molecule has 2 unspecified atom stereocenters. The highest BCUT2D eigenvalue weighted by Gasteiger charge is 2.21. The molecule has 0 fully saturated rings. The van der Waals surface area contributed by atoms with Crippen molar-refractivity contribution in [1.29, 1.82) is 0 Å². The zero-order valence-corrected chi connectivity index (χ0v) is 33.7. The van der Waals surface area contributed by atoms with Crippen LogP contribution < -0.4 is 4.89 Å². The lowest BCUT2D eigenvalue weighted by Gasteiger charge is -2.28. The van der Waals surface area contributed by atoms with Crippen molar-refractivity contribution in [1.82, 2.24) is 0 Å². The fourth-order valence-electron chi connectivity index (χ4n) is 5.38. The molecule has 0 bridgehead atoms. The van der Waals surface area contributed by atoms with Crippen LogP contribution in [-0.2, 0) is 32.7 Å². The molecule has 0 aromatic rings. The van der Waals surface area contributed by atoms with E-state index >= 15 is 0 Å². The van der Waals surface area contributed by atoms with Crippen LogP contribution >= 0.6 is 7.82 Å². The lowest BCUT2D eigenvalue weighted by Crippen LogP contribution is -2.37. The zero-order chi connectivity index (χ0) is 37.2. The van der Waals surface area contributed by atoms with Crippen LogP contribution in [-0.4, -0.2) is 70.0 Å². The molecule has 0 heterocycles. The normalized spacial score (nSPS) is 14.0. The molecule has 0 rings (SSSR count). The van der Waals surface area contributed by atoms with E-state index in [4.69, 9.17) is 18.5 Å². The first-order chi connectivity index (χ1) is 24.0. The molecular weight excluding hydrogens is 653 g/mol. The molecule has 0 aliphatic rings. The maximum Gasteiger partial charge on any atom is 0.331 e. The standard InChI is InChI=1S/C40H76NO8P/c1-6-8-10-12-14-16-18-19-20-21-23-25-27-29-31-33-40(43)49-38(37-48-50(44,45)47-35-34-41(3,4)5)36-46-39(42)32-30-28-26-24-22-17-15-13-11-9-7-2/h27,29,31,33,38H,6-26,28,30,32,34-37H2,1-5H3/b29-27+,33-31+. The second kappa shape index (κ2) is 33.3. The van der Waals surface area contributed by atoms with Crippen molar-refractivity contribution in [3.8, 4) is 0 Å². The SMILES string of the molecule is CCCCCCCCCCCCC/C=C/C=C/C(=O)OC(COC(=O)CCCCCCCCCCCCC)COP(=O)([O-])OCC[N+](C)(C)C. The van der Waals surface area contributed by atoms with Crippen LogP contribution in [0, 0.1) is 0 Å². The van der Waals surface area contributed by atoms with Gasteiger partial charge in [-0.3, -0.25) is 9.36 Å². The molecule has 294 valence electrons. The van der Waals surface area contributed by atoms with E-state index in [9.17, 15) is 19.0 Å². The van der Waals surface area contributed by atoms with Crippen molar-refractivity contribution in [3.63, 3.8) is 0 Å². The molecule has 10 heteroatoms. The van der Waals surface area contributed by atoms with Crippen molar-refractivity contribution in [2.75, 3.05) is 47.5 Å². The molecule has 9 nitrogen and oxygen atoms in total. The fraction of sp³-hybridized carbons (Fsp3) is 0.850. The molecule has 0 aliphatic heterocycles. The highest BCUT2D eigenvalue weighted by atomic mass is 31.2. The van der Waals surface area contributed by atoms with Gasteiger partial charge in [-0.1, -0.05) is 160 Å². The zero-order valence-electron chi connectivity index (χ0n) is 32.8. The first-order valence-electron chi connectivity index (χ1n) is 20.1. The molecule has 0 amide bonds. The van der Waals surface area contributed by atoms with Crippen LogP contribution in [0.2, 0.25) is 0 Å². The number of carbonyl (C=O) groups excluding carboxylic acids is 2. The van der Waals surface area contributed by atoms with Gasteiger partial charge in [0.2, 0.25) is 0 Å². The highest BCUT2D eigenvalue weighted by Crippen LogP contribution is 2.38. The summed E-state index contributed by atoms with van der Waals surface area (Å²) >= 11 is 0. The van der Waals surface area contributed by atoms with Crippen LogP contribution in [0.4, 0.5) is 0 Å². The summed E-state index contributed by atoms with van der Waals surface area (Å²) in [6.07, 6.45) is 34.1. The fourth-order valence-corrected chi connectivity index (χ4v) is 6.11. The first-order valence-corrected chi connectivity index (χ1v) is 21.5. The molecule has 0 aromatic carbocycles. The summed E-state index contributed by atoms with van der Waals surface area (Å²) in [6, 6.07) is 0. The van der Waals surface area contributed by atoms with Crippen LogP contribution in [0.25, 0.3) is 0 Å². The Hall–Kier alpha value is -1.51. The molecule has 2 atom stereocenters. The number of carbonyl (C=O) groups is 2. The average molecular weight is 730 g/mol. The number of rotatable bonds is 36. The van der Waals surface area contributed by atoms with Crippen molar-refractivity contribution in [3.05, 3.63) is 24.3 Å². The minimum Gasteiger partial charge on any atom is -0.756 e. The van der Waals surface area contributed by atoms with E-state index in [1.807, 2.05) is 33.3 Å². The molecule has 0 N–H and O–H groups in total. The van der Waals surface area contributed by atoms with E-state index in [1.165, 1.54) is 122 Å². The lowest BCUT2D eigenvalue weighted by molar-refractivity contribution is -0.870. The number of hydrogen-bond acceptors (Lipinski definition) is 8. The minimum absolute atomic E-state index is 0.0447. The Morgan fingerprint density at radius 2 is 1.14 bits per heavy atom. The average Bonchev–Trinajstić information content (AvgIpc) is 3.06. The van der Waals surface area contributed by atoms with Crippen LogP contribution in [0.5, 0.6) is 0 Å². The molecule has 0 aliphatic carbocycles. The summed E-state index contributed by atoms with van der Waals surface area (Å²) in [6.45, 7) is 4.09. The molecule has 0 aromatic heterocycles. The smallest absolute Gasteiger partial charge is 0.331 e. The minimum atomic E-state index is -4.64. The summed E-state index contributed by atoms with van der Waals surface area (Å²) in [5.74, 6) is -1.08. The number of phosphoric acid groups is 1. The van der Waals surface area contributed by atoms with Gasteiger partial charge in [0.25, 0.3) is 7.82 Å². The van der Waals surface area contributed by atoms with Crippen molar-refractivity contribution < 1.29 is 42.1 Å². The maximum absolute atomic E-state index is 12.5. The predicted molar refractivity (Wildman–Crippen MR) is 204 cm³/mol. The quantitative estimate of drug-likeness (QED) is 0.0156. The van der Waals surface area contributed by atoms with E-state index in [2.05, 4.69) is 13.8 Å². The molecule has 0 spiro atoms. The van der Waals surface area contributed by atoms with E-state index in [1.54, 1.807) is 6.08 Å². The molecule has 0 radical (unpaired) electrons. The molecule has 50 heavy (non-hydrogen) atoms. The van der Waals surface area contributed by atoms with E-state index in [0.717, 1.165) is 32.1 Å². The van der Waals surface area contributed by atoms with Gasteiger partial charge in [0.1, 0.15) is 19.8 Å². The van der Waals surface area contributed by atoms with Crippen molar-refractivity contribution >= 4 is 19.8 Å². The van der Waals surface area contributed by atoms with E-state index in [-0.39, 0.29) is 19.6 Å². The van der Waals surface area contributed by atoms with E-state index < -0.39 is 32.5 Å². The van der Waals surface area contributed by atoms with Gasteiger partial charge in [-0.25, -0.2) is 4.79 Å². The van der Waals surface area contributed by atoms with Gasteiger partial charge in [0, 0.05) is 12.5 Å². The number of hydrogen-bond donors (Lipinski definition) is 0. The summed E-state index contributed by atoms with van der Waals surface area (Å²) in [5.41, 5.74) is 0. The van der Waals surface area contributed by atoms with Gasteiger partial charge >= 0.3 is 11.9 Å². The number of esters is 2. The topological polar surface area (TPSA) is 111 Å². The van der Waals surface area contributed by atoms with Gasteiger partial charge in [-0.15, -0.1) is 0 Å². The number of allylic oxidation sites excluding steroid dienone is 3. The van der Waals surface area contributed by atoms with Gasteiger partial charge in [-0.2, -0.15) is 0 Å². The Morgan fingerprint density at radius 1 is 0.660 bits per heavy atom. The number of nitrogens with zero attached hydrogens (tertiary/aromatic N) is 1. The second-order valence-corrected chi connectivity index (χ2v) is 16.1. The molecule has 0 saturated carbocycles. The number of likely N-dealkylation sites (N-methyl/N-ethyl adjacent to an activating group) is 1. The summed E-state index contributed by atoms with van der Waals surface area (Å²) in [4.78, 5) is 37.2. The first kappa shape index (κ1) is 48.5. The summed E-state index contributed by atoms with van der Waals surface area (Å²) < 4.78 is 33.6. The second-order valence-electron chi connectivity index (χ2n) is 14.7. The van der Waals surface area contributed by atoms with Crippen LogP contribution in [0.1, 0.15) is 168 Å². The molecular formula is C40H76NO8P. The Kier molecular flexibility index (Phi) is 32.3. The van der Waals surface area contributed by atoms with Crippen LogP contribution in [0.15, 0.2) is 24.3 Å². The molecule has 0 saturated heterocycles. The lowest BCUT2D eigenvalue weighted by atomic mass is 10.1. The Labute approximate surface area is 307 Å². The van der Waals surface area contributed by atoms with Gasteiger partial charge in [0.05, 0.1) is 27.7 Å². The van der Waals surface area contributed by atoms with Gasteiger partial charge < -0.3 is 27.9 Å². The number of ether oxygens (including phenoxy) is 2. The third-order valence-electron chi connectivity index (χ3n) is 8.58. The van der Waals surface area contributed by atoms with Crippen molar-refractivity contribution in [2.24, 2.45) is 0 Å². The Balaban J connectivity index is 4.52. The monoisotopic (exact) mass is 730 g/mol. The summed E-state index contributed by atoms with van der Waals surface area (Å²) in [5, 5.41) is 0. The third-order valence-corrected chi connectivity index (χ3v) is 9.55. The van der Waals surface area contributed by atoms with Gasteiger partial charge in [-0.05, 0) is 19.3 Å². The number of quaternary nitrogens is 1. The maximum atomic E-state index is 12.5. The van der Waals surface area contributed by atoms with Crippen molar-refractivity contribution in [2.45, 2.75) is 174 Å². The largest absolute Gasteiger partial charge is 0.756 e. The Bertz CT molecular complexity index is 918. The third kappa shape index (κ3) is 36.3. The number of phosphoric ester groups is 1. The van der Waals surface area contributed by atoms with E-state index in [0.29, 0.717) is 11.0 Å². The number of unbranched alkanes of at least 4 members (excludes halogenated alkanes) is 21. The van der Waals surface area contributed by atoms with Crippen LogP contribution in [0.3, 0.4) is 0 Å². The van der Waals surface area contributed by atoms with Gasteiger partial charge in [0.15, 0.2) is 6.10 Å². The Morgan fingerprint density at radius 3 is 1.64 bits per heavy atom. The summed E-state index contributed by atoms with van der Waals surface area (Å²) in [7, 11) is 1.12. The predicted octanol–water partition coefficient (Wildman–Crippen LogP) is 10.2. The highest BCUT2D eigenvalue weighted by molar-refractivity contribution is 7.45.